The van der Waals surface area contributed by atoms with Gasteiger partial charge in [-0.25, -0.2) is 9.97 Å². The quantitative estimate of drug-likeness (QED) is 0.147. The van der Waals surface area contributed by atoms with Crippen LogP contribution in [0.4, 0.5) is 0 Å². The van der Waals surface area contributed by atoms with Crippen LogP contribution in [0.3, 0.4) is 0 Å². The van der Waals surface area contributed by atoms with Gasteiger partial charge in [0.05, 0.1) is 22.8 Å². The Kier molecular flexibility index (Phi) is 9.36. The molecule has 0 spiro atoms. The molecular weight excluding hydrogens is 681 g/mol. The first-order valence-electron chi connectivity index (χ1n) is 18.9. The fraction of sp³-hybridized carbons (Fsp3) is 0.0385. The number of aliphatic imine (C=N–C) groups is 1. The second-order valence-electron chi connectivity index (χ2n) is 13.8. The summed E-state index contributed by atoms with van der Waals surface area (Å²) in [7, 11) is 1.82. The number of hydrogen-bond acceptors (Lipinski definition) is 4. The fourth-order valence-electron chi connectivity index (χ4n) is 7.51. The van der Waals surface area contributed by atoms with Crippen LogP contribution in [-0.4, -0.2) is 27.7 Å². The van der Waals surface area contributed by atoms with Crippen LogP contribution in [0.15, 0.2) is 199 Å². The van der Waals surface area contributed by atoms with Crippen molar-refractivity contribution >= 4 is 27.3 Å². The van der Waals surface area contributed by atoms with Gasteiger partial charge in [-0.2, -0.15) is 0 Å². The smallest absolute Gasteiger partial charge is 0.160 e. The Morgan fingerprint density at radius 3 is 1.50 bits per heavy atom. The lowest BCUT2D eigenvalue weighted by molar-refractivity contribution is 1.18. The molecule has 2 heterocycles. The number of hydrogen-bond donors (Lipinski definition) is 0. The molecule has 266 valence electrons. The molecule has 0 aliphatic rings. The molecule has 4 heteroatoms. The molecule has 7 aromatic carbocycles. The zero-order chi connectivity index (χ0) is 37.8. The third-order valence-corrected chi connectivity index (χ3v) is 10.3. The van der Waals surface area contributed by atoms with Gasteiger partial charge in [0.1, 0.15) is 0 Å². The Labute approximate surface area is 327 Å². The summed E-state index contributed by atoms with van der Waals surface area (Å²) < 4.78 is 0. The summed E-state index contributed by atoms with van der Waals surface area (Å²) in [6, 6.07) is 62.0. The van der Waals surface area contributed by atoms with Crippen molar-refractivity contribution < 1.29 is 0 Å². The van der Waals surface area contributed by atoms with Crippen LogP contribution in [0.25, 0.3) is 89.0 Å². The summed E-state index contributed by atoms with van der Waals surface area (Å²) in [4.78, 5) is 19.7. The first kappa shape index (κ1) is 34.5. The van der Waals surface area contributed by atoms with E-state index in [-0.39, 0.29) is 0 Å². The molecular formula is C52H38N4. The molecule has 9 aromatic rings. The molecule has 0 N–H and O–H groups in total. The number of pyridine rings is 1. The average molecular weight is 719 g/mol. The lowest BCUT2D eigenvalue weighted by Gasteiger charge is -2.15. The average Bonchev–Trinajstić information content (AvgIpc) is 3.28. The number of fused-ring (bicyclic) bond motifs is 2. The molecule has 0 unspecified atom stereocenters. The standard InChI is InChI=1S/C52H38N4/c1-3-12-48(53-2)37-22-26-39(27-23-37)50-34-51(40-28-24-38(25-29-40)49-21-8-9-30-54-49)56-52(55-50)43-32-41(46-19-10-15-35-13-4-6-17-44(35)46)31-42(33-43)47-20-11-16-36-14-5-7-18-45(36)47/h3-34H,1-2H3/b12-3-,53-48?. The molecule has 9 rings (SSSR count). The zero-order valence-corrected chi connectivity index (χ0v) is 31.3. The highest BCUT2D eigenvalue weighted by Gasteiger charge is 2.16. The van der Waals surface area contributed by atoms with Gasteiger partial charge < -0.3 is 0 Å². The normalized spacial score (nSPS) is 11.8. The maximum absolute atomic E-state index is 5.32. The van der Waals surface area contributed by atoms with Crippen LogP contribution in [-0.2, 0) is 0 Å². The molecule has 0 amide bonds. The highest BCUT2D eigenvalue weighted by molar-refractivity contribution is 6.08. The fourth-order valence-corrected chi connectivity index (χ4v) is 7.51. The third kappa shape index (κ3) is 6.81. The summed E-state index contributed by atoms with van der Waals surface area (Å²) in [5, 5.41) is 4.80. The van der Waals surface area contributed by atoms with E-state index in [9.17, 15) is 0 Å². The number of allylic oxidation sites excluding steroid dienone is 2. The Balaban J connectivity index is 1.26. The molecule has 0 atom stereocenters. The molecule has 0 saturated heterocycles. The van der Waals surface area contributed by atoms with Crippen LogP contribution < -0.4 is 0 Å². The Hall–Kier alpha value is -7.30. The van der Waals surface area contributed by atoms with E-state index in [1.165, 1.54) is 21.5 Å². The molecule has 4 nitrogen and oxygen atoms in total. The first-order valence-corrected chi connectivity index (χ1v) is 18.9. The maximum atomic E-state index is 5.32. The second kappa shape index (κ2) is 15.2. The van der Waals surface area contributed by atoms with Gasteiger partial charge in [0.15, 0.2) is 5.82 Å². The van der Waals surface area contributed by atoms with Gasteiger partial charge >= 0.3 is 0 Å². The summed E-state index contributed by atoms with van der Waals surface area (Å²) in [6.07, 6.45) is 5.86. The van der Waals surface area contributed by atoms with Crippen molar-refractivity contribution in [3.63, 3.8) is 0 Å². The lowest BCUT2D eigenvalue weighted by Crippen LogP contribution is -1.99. The monoisotopic (exact) mass is 718 g/mol. The minimum Gasteiger partial charge on any atom is -0.288 e. The number of benzene rings is 7. The lowest BCUT2D eigenvalue weighted by atomic mass is 9.91. The van der Waals surface area contributed by atoms with Gasteiger partial charge in [0.2, 0.25) is 0 Å². The van der Waals surface area contributed by atoms with Gasteiger partial charge in [0, 0.05) is 35.5 Å². The van der Waals surface area contributed by atoms with E-state index in [1.54, 1.807) is 0 Å². The zero-order valence-electron chi connectivity index (χ0n) is 31.3. The molecule has 0 saturated carbocycles. The molecule has 0 fully saturated rings. The first-order chi connectivity index (χ1) is 27.6. The topological polar surface area (TPSA) is 51.0 Å². The van der Waals surface area contributed by atoms with Crippen molar-refractivity contribution in [2.24, 2.45) is 4.99 Å². The van der Waals surface area contributed by atoms with Crippen molar-refractivity contribution in [1.29, 1.82) is 0 Å². The highest BCUT2D eigenvalue weighted by atomic mass is 14.9. The predicted molar refractivity (Wildman–Crippen MR) is 235 cm³/mol. The Morgan fingerprint density at radius 1 is 0.464 bits per heavy atom. The SMILES string of the molecule is C/C=C\C(=NC)c1ccc(-c2cc(-c3ccc(-c4ccccn4)cc3)nc(-c3cc(-c4cccc5ccccc45)cc(-c4cccc5ccccc45)c3)n2)cc1. The van der Waals surface area contributed by atoms with E-state index in [2.05, 4.69) is 168 Å². The van der Waals surface area contributed by atoms with E-state index in [4.69, 9.17) is 9.97 Å². The Bertz CT molecular complexity index is 2800. The third-order valence-electron chi connectivity index (χ3n) is 10.3. The van der Waals surface area contributed by atoms with E-state index in [1.807, 2.05) is 50.5 Å². The Morgan fingerprint density at radius 2 is 0.964 bits per heavy atom. The minimum atomic E-state index is 0.656. The molecule has 2 aromatic heterocycles. The van der Waals surface area contributed by atoms with E-state index in [0.29, 0.717) is 5.82 Å². The molecule has 56 heavy (non-hydrogen) atoms. The van der Waals surface area contributed by atoms with Crippen molar-refractivity contribution in [2.45, 2.75) is 6.92 Å². The largest absolute Gasteiger partial charge is 0.288 e. The van der Waals surface area contributed by atoms with E-state index in [0.717, 1.165) is 72.9 Å². The maximum Gasteiger partial charge on any atom is 0.160 e. The molecule has 0 aliphatic heterocycles. The van der Waals surface area contributed by atoms with Crippen molar-refractivity contribution in [3.8, 4) is 67.4 Å². The van der Waals surface area contributed by atoms with Gasteiger partial charge in [-0.1, -0.05) is 146 Å². The van der Waals surface area contributed by atoms with Gasteiger partial charge in [-0.3, -0.25) is 9.98 Å². The van der Waals surface area contributed by atoms with Crippen LogP contribution in [0.5, 0.6) is 0 Å². The number of rotatable bonds is 8. The number of nitrogens with zero attached hydrogens (tertiary/aromatic N) is 4. The van der Waals surface area contributed by atoms with E-state index < -0.39 is 0 Å². The van der Waals surface area contributed by atoms with Crippen molar-refractivity contribution in [2.75, 3.05) is 7.05 Å². The number of aromatic nitrogens is 3. The predicted octanol–water partition coefficient (Wildman–Crippen LogP) is 13.2. The van der Waals surface area contributed by atoms with E-state index >= 15 is 0 Å². The van der Waals surface area contributed by atoms with Gasteiger partial charge in [-0.15, -0.1) is 0 Å². The van der Waals surface area contributed by atoms with Crippen molar-refractivity contribution in [1.82, 2.24) is 15.0 Å². The summed E-state index contributed by atoms with van der Waals surface area (Å²) in [6.45, 7) is 2.01. The highest BCUT2D eigenvalue weighted by Crippen LogP contribution is 2.38. The van der Waals surface area contributed by atoms with Crippen LogP contribution in [0, 0.1) is 0 Å². The van der Waals surface area contributed by atoms with Crippen LogP contribution >= 0.6 is 0 Å². The summed E-state index contributed by atoms with van der Waals surface area (Å²) in [5.74, 6) is 0.656. The summed E-state index contributed by atoms with van der Waals surface area (Å²) >= 11 is 0. The molecule has 0 bridgehead atoms. The minimum absolute atomic E-state index is 0.656. The van der Waals surface area contributed by atoms with Crippen LogP contribution in [0.2, 0.25) is 0 Å². The van der Waals surface area contributed by atoms with Gasteiger partial charge in [-0.05, 0) is 98.8 Å². The summed E-state index contributed by atoms with van der Waals surface area (Å²) in [5.41, 5.74) is 13.1. The second-order valence-corrected chi connectivity index (χ2v) is 13.8. The van der Waals surface area contributed by atoms with Crippen molar-refractivity contribution in [3.05, 3.63) is 200 Å². The molecule has 0 radical (unpaired) electrons. The van der Waals surface area contributed by atoms with Crippen LogP contribution in [0.1, 0.15) is 12.5 Å². The molecule has 0 aliphatic carbocycles. The van der Waals surface area contributed by atoms with Gasteiger partial charge in [0.25, 0.3) is 0 Å².